The van der Waals surface area contributed by atoms with Crippen LogP contribution in [0.25, 0.3) is 10.1 Å². The molecule has 2 aromatic carbocycles. The van der Waals surface area contributed by atoms with Crippen molar-refractivity contribution in [3.05, 3.63) is 75.9 Å². The van der Waals surface area contributed by atoms with Gasteiger partial charge >= 0.3 is 5.97 Å². The highest BCUT2D eigenvalue weighted by Gasteiger charge is 2.17. The third-order valence-corrected chi connectivity index (χ3v) is 6.58. The third kappa shape index (κ3) is 4.71. The van der Waals surface area contributed by atoms with Gasteiger partial charge in [-0.05, 0) is 48.5 Å². The number of anilines is 2. The first-order chi connectivity index (χ1) is 14.9. The summed E-state index contributed by atoms with van der Waals surface area (Å²) in [5, 5.41) is 12.3. The zero-order valence-corrected chi connectivity index (χ0v) is 19.2. The summed E-state index contributed by atoms with van der Waals surface area (Å²) in [4.78, 5) is 12.2. The minimum absolute atomic E-state index is 0.387. The number of benzene rings is 2. The smallest absolute Gasteiger partial charge is 0.349 e. The number of carbonyl (C=O) groups excluding carboxylic acids is 1. The monoisotopic (exact) mass is 470 g/mol. The van der Waals surface area contributed by atoms with Crippen LogP contribution in [0.5, 0.6) is 0 Å². The quantitative estimate of drug-likeness (QED) is 0.288. The van der Waals surface area contributed by atoms with E-state index < -0.39 is 5.97 Å². The fraction of sp³-hybridized carbons (Fsp3) is 0.136. The number of fused-ring (bicyclic) bond motifs is 1. The predicted molar refractivity (Wildman–Crippen MR) is 131 cm³/mol. The maximum absolute atomic E-state index is 11.9. The molecule has 2 aromatic heterocycles. The molecule has 0 saturated carbocycles. The Morgan fingerprint density at radius 1 is 1.23 bits per heavy atom. The van der Waals surface area contributed by atoms with Crippen molar-refractivity contribution >= 4 is 67.7 Å². The molecule has 0 spiro atoms. The molecule has 4 aromatic rings. The van der Waals surface area contributed by atoms with Crippen LogP contribution in [0.3, 0.4) is 0 Å². The first kappa shape index (κ1) is 21.3. The molecule has 31 heavy (non-hydrogen) atoms. The van der Waals surface area contributed by atoms with E-state index in [1.54, 1.807) is 6.20 Å². The van der Waals surface area contributed by atoms with E-state index in [-0.39, 0.29) is 0 Å². The van der Waals surface area contributed by atoms with Crippen molar-refractivity contribution in [2.45, 2.75) is 13.5 Å². The lowest BCUT2D eigenvalue weighted by atomic mass is 10.1. The molecule has 0 fully saturated rings. The number of esters is 1. The second-order valence-electron chi connectivity index (χ2n) is 6.88. The number of aryl methyl sites for hydroxylation is 1. The number of nitrogens with one attached hydrogen (secondary N) is 2. The summed E-state index contributed by atoms with van der Waals surface area (Å²) in [6, 6.07) is 13.8. The Labute approximate surface area is 193 Å². The molecular weight excluding hydrogens is 452 g/mol. The van der Waals surface area contributed by atoms with Crippen LogP contribution in [-0.4, -0.2) is 28.0 Å². The van der Waals surface area contributed by atoms with Crippen LogP contribution >= 0.6 is 35.2 Å². The minimum Gasteiger partial charge on any atom is -0.465 e. The lowest BCUT2D eigenvalue weighted by Crippen LogP contribution is -2.18. The topological polar surface area (TPSA) is 68.2 Å². The van der Waals surface area contributed by atoms with Crippen LogP contribution in [0.4, 0.5) is 11.4 Å². The van der Waals surface area contributed by atoms with E-state index in [9.17, 15) is 4.79 Å². The van der Waals surface area contributed by atoms with Crippen LogP contribution in [0.15, 0.2) is 54.9 Å². The van der Waals surface area contributed by atoms with Gasteiger partial charge in [-0.1, -0.05) is 35.9 Å². The Bertz CT molecular complexity index is 1280. The van der Waals surface area contributed by atoms with Gasteiger partial charge in [-0.2, -0.15) is 5.10 Å². The molecule has 6 nitrogen and oxygen atoms in total. The molecule has 0 aliphatic heterocycles. The number of thiophene rings is 1. The van der Waals surface area contributed by atoms with Gasteiger partial charge in [0.2, 0.25) is 0 Å². The molecule has 2 heterocycles. The summed E-state index contributed by atoms with van der Waals surface area (Å²) in [5.41, 5.74) is 4.02. The molecule has 0 radical (unpaired) electrons. The Morgan fingerprint density at radius 2 is 2.00 bits per heavy atom. The SMILES string of the molecule is COC(=O)c1sc2cc(NC(=S)Nc3cnn(Cc4ccccc4C)c3)ccc2c1Cl. The summed E-state index contributed by atoms with van der Waals surface area (Å²) < 4.78 is 7.51. The van der Waals surface area contributed by atoms with Crippen molar-refractivity contribution in [1.82, 2.24) is 9.78 Å². The Hall–Kier alpha value is -2.94. The second-order valence-corrected chi connectivity index (χ2v) is 8.72. The number of halogens is 1. The highest BCUT2D eigenvalue weighted by Crippen LogP contribution is 2.37. The summed E-state index contributed by atoms with van der Waals surface area (Å²) >= 11 is 13.0. The van der Waals surface area contributed by atoms with Crippen LogP contribution < -0.4 is 10.6 Å². The molecule has 0 aliphatic carbocycles. The molecule has 0 atom stereocenters. The normalized spacial score (nSPS) is 10.8. The molecule has 158 valence electrons. The lowest BCUT2D eigenvalue weighted by molar-refractivity contribution is 0.0606. The van der Waals surface area contributed by atoms with Crippen LogP contribution in [0, 0.1) is 6.92 Å². The number of hydrogen-bond acceptors (Lipinski definition) is 5. The first-order valence-electron chi connectivity index (χ1n) is 9.40. The van der Waals surface area contributed by atoms with E-state index in [1.807, 2.05) is 41.2 Å². The van der Waals surface area contributed by atoms with Gasteiger partial charge in [-0.25, -0.2) is 4.79 Å². The summed E-state index contributed by atoms with van der Waals surface area (Å²) in [6.45, 7) is 2.77. The molecule has 0 saturated heterocycles. The molecule has 0 unspecified atom stereocenters. The molecule has 9 heteroatoms. The van der Waals surface area contributed by atoms with Gasteiger partial charge in [0, 0.05) is 22.0 Å². The van der Waals surface area contributed by atoms with E-state index in [1.165, 1.54) is 29.6 Å². The number of thiocarbonyl (C=S) groups is 1. The minimum atomic E-state index is -0.444. The van der Waals surface area contributed by atoms with Crippen molar-refractivity contribution in [2.75, 3.05) is 17.7 Å². The average Bonchev–Trinajstić information content (AvgIpc) is 3.32. The molecule has 0 bridgehead atoms. The second kappa shape index (κ2) is 9.05. The maximum atomic E-state index is 11.9. The maximum Gasteiger partial charge on any atom is 0.349 e. The first-order valence-corrected chi connectivity index (χ1v) is 11.0. The fourth-order valence-corrected chi connectivity index (χ4v) is 4.84. The molecule has 4 rings (SSSR count). The Morgan fingerprint density at radius 3 is 2.77 bits per heavy atom. The molecule has 0 amide bonds. The van der Waals surface area contributed by atoms with E-state index in [0.29, 0.717) is 21.6 Å². The number of ether oxygens (including phenoxy) is 1. The highest BCUT2D eigenvalue weighted by atomic mass is 35.5. The van der Waals surface area contributed by atoms with Crippen LogP contribution in [-0.2, 0) is 11.3 Å². The number of nitrogens with zero attached hydrogens (tertiary/aromatic N) is 2. The molecule has 0 aliphatic rings. The van der Waals surface area contributed by atoms with Gasteiger partial charge in [0.25, 0.3) is 0 Å². The predicted octanol–water partition coefficient (Wildman–Crippen LogP) is 5.70. The number of hydrogen-bond donors (Lipinski definition) is 2. The molecule has 2 N–H and O–H groups in total. The fourth-order valence-electron chi connectivity index (χ4n) is 3.14. The summed E-state index contributed by atoms with van der Waals surface area (Å²) in [5.74, 6) is -0.444. The highest BCUT2D eigenvalue weighted by molar-refractivity contribution is 7.80. The zero-order chi connectivity index (χ0) is 22.0. The van der Waals surface area contributed by atoms with Gasteiger partial charge in [0.05, 0.1) is 30.6 Å². The van der Waals surface area contributed by atoms with Gasteiger partial charge < -0.3 is 15.4 Å². The van der Waals surface area contributed by atoms with E-state index in [0.717, 1.165) is 21.5 Å². The number of rotatable bonds is 5. The van der Waals surface area contributed by atoms with Crippen molar-refractivity contribution in [3.8, 4) is 0 Å². The van der Waals surface area contributed by atoms with Crippen molar-refractivity contribution < 1.29 is 9.53 Å². The Balaban J connectivity index is 1.43. The number of methoxy groups -OCH3 is 1. The average molecular weight is 471 g/mol. The van der Waals surface area contributed by atoms with Crippen molar-refractivity contribution in [2.24, 2.45) is 0 Å². The van der Waals surface area contributed by atoms with E-state index in [2.05, 4.69) is 34.8 Å². The number of carbonyl (C=O) groups is 1. The van der Waals surface area contributed by atoms with Crippen LogP contribution in [0.2, 0.25) is 5.02 Å². The Kier molecular flexibility index (Phi) is 6.22. The number of aromatic nitrogens is 2. The van der Waals surface area contributed by atoms with E-state index in [4.69, 9.17) is 28.6 Å². The van der Waals surface area contributed by atoms with E-state index >= 15 is 0 Å². The summed E-state index contributed by atoms with van der Waals surface area (Å²) in [6.07, 6.45) is 3.64. The van der Waals surface area contributed by atoms with Crippen LogP contribution in [0.1, 0.15) is 20.8 Å². The largest absolute Gasteiger partial charge is 0.465 e. The standard InChI is InChI=1S/C22H19ClN4O2S2/c1-13-5-3-4-6-14(13)11-27-12-16(10-24-27)26-22(30)25-15-7-8-17-18(9-15)31-20(19(17)23)21(28)29-2/h3-10,12H,11H2,1-2H3,(H2,25,26,30). The van der Waals surface area contributed by atoms with Crippen molar-refractivity contribution in [1.29, 1.82) is 0 Å². The van der Waals surface area contributed by atoms with Gasteiger partial charge in [0.1, 0.15) is 4.88 Å². The zero-order valence-electron chi connectivity index (χ0n) is 16.8. The third-order valence-electron chi connectivity index (χ3n) is 4.74. The van der Waals surface area contributed by atoms with Gasteiger partial charge in [0.15, 0.2) is 5.11 Å². The lowest BCUT2D eigenvalue weighted by Gasteiger charge is -2.09. The van der Waals surface area contributed by atoms with Gasteiger partial charge in [-0.15, -0.1) is 11.3 Å². The molecular formula is C22H19ClN4O2S2. The summed E-state index contributed by atoms with van der Waals surface area (Å²) in [7, 11) is 1.34. The van der Waals surface area contributed by atoms with Gasteiger partial charge in [-0.3, -0.25) is 4.68 Å². The van der Waals surface area contributed by atoms with Crippen molar-refractivity contribution in [3.63, 3.8) is 0 Å².